The Labute approximate surface area is 147 Å². The molecule has 0 atom stereocenters. The highest BCUT2D eigenvalue weighted by Gasteiger charge is 2.12. The molecule has 1 aromatic carbocycles. The summed E-state index contributed by atoms with van der Waals surface area (Å²) >= 11 is 1.60. The lowest BCUT2D eigenvalue weighted by atomic mass is 10.3. The summed E-state index contributed by atoms with van der Waals surface area (Å²) in [4.78, 5) is 25.4. The predicted octanol–water partition coefficient (Wildman–Crippen LogP) is 2.84. The Balaban J connectivity index is 1.53. The van der Waals surface area contributed by atoms with Crippen molar-refractivity contribution in [2.45, 2.75) is 27.2 Å². The number of carbonyl (C=O) groups is 1. The van der Waals surface area contributed by atoms with Crippen LogP contribution in [0.25, 0.3) is 16.0 Å². The summed E-state index contributed by atoms with van der Waals surface area (Å²) in [5.74, 6) is 0.807. The zero-order valence-corrected chi connectivity index (χ0v) is 14.9. The van der Waals surface area contributed by atoms with Crippen LogP contribution in [0.15, 0.2) is 24.3 Å². The number of rotatable bonds is 3. The van der Waals surface area contributed by atoms with E-state index in [1.165, 1.54) is 0 Å². The average Bonchev–Trinajstić information content (AvgIpc) is 3.08. The van der Waals surface area contributed by atoms with Gasteiger partial charge in [0.15, 0.2) is 5.82 Å². The van der Waals surface area contributed by atoms with Crippen LogP contribution in [-0.4, -0.2) is 30.5 Å². The Bertz CT molecular complexity index is 1110. The molecule has 0 saturated carbocycles. The summed E-state index contributed by atoms with van der Waals surface area (Å²) in [7, 11) is 0. The molecular weight excluding hydrogens is 336 g/mol. The fraction of sp³-hybridized carbons (Fsp3) is 0.235. The van der Waals surface area contributed by atoms with Gasteiger partial charge in [0.2, 0.25) is 5.91 Å². The first-order chi connectivity index (χ1) is 12.0. The van der Waals surface area contributed by atoms with E-state index in [-0.39, 0.29) is 12.3 Å². The molecule has 0 aliphatic carbocycles. The molecule has 0 aliphatic heterocycles. The second kappa shape index (κ2) is 5.89. The molecule has 0 unspecified atom stereocenters. The number of nitrogens with one attached hydrogen (secondary N) is 1. The van der Waals surface area contributed by atoms with Gasteiger partial charge in [0, 0.05) is 17.1 Å². The van der Waals surface area contributed by atoms with Gasteiger partial charge in [0.1, 0.15) is 0 Å². The molecule has 1 amide bonds. The molecule has 0 saturated heterocycles. The van der Waals surface area contributed by atoms with Crippen LogP contribution >= 0.6 is 11.3 Å². The van der Waals surface area contributed by atoms with Crippen LogP contribution in [0.5, 0.6) is 0 Å². The quantitative estimate of drug-likeness (QED) is 0.613. The molecule has 0 bridgehead atoms. The third kappa shape index (κ3) is 3.08. The molecule has 4 aromatic rings. The number of fused-ring (bicyclic) bond motifs is 2. The molecule has 0 radical (unpaired) electrons. The van der Waals surface area contributed by atoms with Gasteiger partial charge in [0.05, 0.1) is 21.6 Å². The maximum atomic E-state index is 12.3. The Kier molecular flexibility index (Phi) is 3.69. The Morgan fingerprint density at radius 2 is 2.00 bits per heavy atom. The minimum absolute atomic E-state index is 0.0988. The van der Waals surface area contributed by atoms with Gasteiger partial charge in [-0.2, -0.15) is 4.98 Å². The van der Waals surface area contributed by atoms with Gasteiger partial charge < -0.3 is 5.32 Å². The van der Waals surface area contributed by atoms with E-state index in [4.69, 9.17) is 0 Å². The minimum Gasteiger partial charge on any atom is -0.326 e. The van der Waals surface area contributed by atoms with E-state index in [9.17, 15) is 4.79 Å². The van der Waals surface area contributed by atoms with Crippen molar-refractivity contribution in [2.24, 2.45) is 0 Å². The van der Waals surface area contributed by atoms with Crippen molar-refractivity contribution in [2.75, 3.05) is 5.32 Å². The third-order valence-corrected chi connectivity index (χ3v) is 4.69. The second-order valence-electron chi connectivity index (χ2n) is 5.92. The number of nitrogens with zero attached hydrogens (tertiary/aromatic N) is 5. The zero-order chi connectivity index (χ0) is 17.6. The van der Waals surface area contributed by atoms with Gasteiger partial charge in [-0.1, -0.05) is 0 Å². The first-order valence-corrected chi connectivity index (χ1v) is 8.66. The Morgan fingerprint density at radius 1 is 1.16 bits per heavy atom. The molecule has 3 heterocycles. The lowest BCUT2D eigenvalue weighted by Crippen LogP contribution is -2.15. The van der Waals surface area contributed by atoms with Crippen LogP contribution in [0.2, 0.25) is 0 Å². The van der Waals surface area contributed by atoms with E-state index < -0.39 is 0 Å². The van der Waals surface area contributed by atoms with Crippen molar-refractivity contribution in [3.63, 3.8) is 0 Å². The van der Waals surface area contributed by atoms with Crippen LogP contribution < -0.4 is 5.32 Å². The number of hydrogen-bond donors (Lipinski definition) is 1. The summed E-state index contributed by atoms with van der Waals surface area (Å²) in [6.45, 7) is 5.81. The molecule has 25 heavy (non-hydrogen) atoms. The molecule has 4 rings (SSSR count). The average molecular weight is 352 g/mol. The Morgan fingerprint density at radius 3 is 2.84 bits per heavy atom. The topological polar surface area (TPSA) is 85.1 Å². The lowest BCUT2D eigenvalue weighted by molar-refractivity contribution is -0.115. The molecule has 0 aliphatic rings. The van der Waals surface area contributed by atoms with E-state index in [1.54, 1.807) is 15.9 Å². The van der Waals surface area contributed by atoms with E-state index in [0.29, 0.717) is 11.6 Å². The number of thiazole rings is 1. The third-order valence-electron chi connectivity index (χ3n) is 3.76. The monoisotopic (exact) mass is 352 g/mol. The Hall–Kier alpha value is -2.87. The number of aryl methyl sites for hydroxylation is 3. The fourth-order valence-corrected chi connectivity index (χ4v) is 3.62. The van der Waals surface area contributed by atoms with E-state index in [0.717, 1.165) is 32.3 Å². The summed E-state index contributed by atoms with van der Waals surface area (Å²) in [5.41, 5.74) is 3.50. The number of amides is 1. The summed E-state index contributed by atoms with van der Waals surface area (Å²) in [5, 5.41) is 8.26. The second-order valence-corrected chi connectivity index (χ2v) is 7.15. The molecular formula is C17H16N6OS. The number of benzene rings is 1. The maximum absolute atomic E-state index is 12.3. The van der Waals surface area contributed by atoms with Gasteiger partial charge in [-0.25, -0.2) is 14.5 Å². The largest absolute Gasteiger partial charge is 0.326 e. The van der Waals surface area contributed by atoms with Crippen molar-refractivity contribution in [3.8, 4) is 0 Å². The number of hydrogen-bond acceptors (Lipinski definition) is 6. The maximum Gasteiger partial charge on any atom is 0.252 e. The van der Waals surface area contributed by atoms with Gasteiger partial charge in [-0.15, -0.1) is 16.4 Å². The predicted molar refractivity (Wildman–Crippen MR) is 96.9 cm³/mol. The number of aromatic nitrogens is 5. The lowest BCUT2D eigenvalue weighted by Gasteiger charge is -2.03. The molecule has 126 valence electrons. The van der Waals surface area contributed by atoms with E-state index >= 15 is 0 Å². The highest BCUT2D eigenvalue weighted by Crippen LogP contribution is 2.24. The fourth-order valence-electron chi connectivity index (χ4n) is 2.75. The number of anilines is 1. The molecule has 8 heteroatoms. The van der Waals surface area contributed by atoms with Gasteiger partial charge in [0.25, 0.3) is 5.78 Å². The smallest absolute Gasteiger partial charge is 0.252 e. The summed E-state index contributed by atoms with van der Waals surface area (Å²) < 4.78 is 2.71. The molecule has 0 fully saturated rings. The van der Waals surface area contributed by atoms with Crippen LogP contribution in [0.4, 0.5) is 5.69 Å². The number of carbonyl (C=O) groups excluding carboxylic acids is 1. The van der Waals surface area contributed by atoms with Crippen LogP contribution in [-0.2, 0) is 11.2 Å². The zero-order valence-electron chi connectivity index (χ0n) is 14.1. The van der Waals surface area contributed by atoms with Crippen molar-refractivity contribution < 1.29 is 4.79 Å². The van der Waals surface area contributed by atoms with Crippen LogP contribution in [0.1, 0.15) is 22.2 Å². The molecule has 1 N–H and O–H groups in total. The SMILES string of the molecule is Cc1cc(C)n2nc(CC(=O)Nc3ccc4nc(C)sc4c3)nc2n1. The standard InChI is InChI=1S/C17H16N6OS/c1-9-6-10(2)23-17(18-9)21-15(22-23)8-16(24)20-12-4-5-13-14(7-12)25-11(3)19-13/h4-7H,8H2,1-3H3,(H,20,24). The first-order valence-electron chi connectivity index (χ1n) is 7.85. The summed E-state index contributed by atoms with van der Waals surface area (Å²) in [6.07, 6.45) is 0.0988. The van der Waals surface area contributed by atoms with Crippen LogP contribution in [0, 0.1) is 20.8 Å². The van der Waals surface area contributed by atoms with Gasteiger partial charge >= 0.3 is 0 Å². The highest BCUT2D eigenvalue weighted by molar-refractivity contribution is 7.18. The van der Waals surface area contributed by atoms with Gasteiger partial charge in [-0.05, 0) is 45.0 Å². The van der Waals surface area contributed by atoms with Crippen LogP contribution in [0.3, 0.4) is 0 Å². The van der Waals surface area contributed by atoms with Crippen molar-refractivity contribution in [1.29, 1.82) is 0 Å². The minimum atomic E-state index is -0.161. The molecule has 3 aromatic heterocycles. The van der Waals surface area contributed by atoms with E-state index in [2.05, 4.69) is 25.4 Å². The van der Waals surface area contributed by atoms with E-state index in [1.807, 2.05) is 45.0 Å². The molecule has 0 spiro atoms. The highest BCUT2D eigenvalue weighted by atomic mass is 32.1. The van der Waals surface area contributed by atoms with Crippen molar-refractivity contribution >= 4 is 38.9 Å². The van der Waals surface area contributed by atoms with Crippen molar-refractivity contribution in [1.82, 2.24) is 24.6 Å². The first kappa shape index (κ1) is 15.6. The van der Waals surface area contributed by atoms with Gasteiger partial charge in [-0.3, -0.25) is 4.79 Å². The van der Waals surface area contributed by atoms with Crippen molar-refractivity contribution in [3.05, 3.63) is 46.5 Å². The normalized spacial score (nSPS) is 11.3. The molecule has 7 nitrogen and oxygen atoms in total. The summed E-state index contributed by atoms with van der Waals surface area (Å²) in [6, 6.07) is 7.63.